The van der Waals surface area contributed by atoms with Crippen molar-refractivity contribution in [2.75, 3.05) is 12.1 Å². The third-order valence-corrected chi connectivity index (χ3v) is 3.93. The number of carbonyl (C=O) groups excluding carboxylic acids is 1. The van der Waals surface area contributed by atoms with Gasteiger partial charge in [0.05, 0.1) is 0 Å². The summed E-state index contributed by atoms with van der Waals surface area (Å²) in [6.45, 7) is 4.08. The molecule has 1 aliphatic rings. The molecule has 5 heteroatoms. The molecule has 3 rings (SSSR count). The monoisotopic (exact) mass is 320 g/mol. The summed E-state index contributed by atoms with van der Waals surface area (Å²) in [6, 6.07) is 12.9. The minimum atomic E-state index is -0.441. The number of carbonyl (C=O) groups is 1. The van der Waals surface area contributed by atoms with Gasteiger partial charge in [0, 0.05) is 5.69 Å². The van der Waals surface area contributed by atoms with Crippen molar-refractivity contribution in [2.24, 2.45) is 0 Å². The first kappa shape index (κ1) is 15.6. The zero-order valence-electron chi connectivity index (χ0n) is 13.4. The Morgan fingerprint density at radius 2 is 2.00 bits per heavy atom. The Morgan fingerprint density at radius 3 is 2.79 bits per heavy atom. The number of rotatable bonds is 3. The number of nitriles is 1. The second-order valence-corrected chi connectivity index (χ2v) is 5.48. The van der Waals surface area contributed by atoms with Gasteiger partial charge in [-0.15, -0.1) is 0 Å². The fourth-order valence-electron chi connectivity index (χ4n) is 2.39. The van der Waals surface area contributed by atoms with E-state index in [-0.39, 0.29) is 12.4 Å². The summed E-state index contributed by atoms with van der Waals surface area (Å²) < 4.78 is 10.6. The molecule has 0 spiro atoms. The van der Waals surface area contributed by atoms with E-state index < -0.39 is 5.91 Å². The van der Waals surface area contributed by atoms with Crippen LogP contribution in [0.1, 0.15) is 16.7 Å². The summed E-state index contributed by atoms with van der Waals surface area (Å²) in [5, 5.41) is 12.1. The molecule has 1 N–H and O–H groups in total. The predicted molar refractivity (Wildman–Crippen MR) is 90.7 cm³/mol. The molecule has 0 unspecified atom stereocenters. The number of amides is 1. The Hall–Kier alpha value is -3.26. The highest BCUT2D eigenvalue weighted by Gasteiger charge is 2.15. The molecular weight excluding hydrogens is 304 g/mol. The summed E-state index contributed by atoms with van der Waals surface area (Å²) in [5.41, 5.74) is 3.48. The molecule has 0 atom stereocenters. The Kier molecular flexibility index (Phi) is 4.21. The molecule has 0 aromatic heterocycles. The maximum absolute atomic E-state index is 12.4. The minimum absolute atomic E-state index is 0.0229. The van der Waals surface area contributed by atoms with Crippen molar-refractivity contribution in [1.29, 1.82) is 5.26 Å². The van der Waals surface area contributed by atoms with Gasteiger partial charge in [0.25, 0.3) is 5.91 Å². The fourth-order valence-corrected chi connectivity index (χ4v) is 2.39. The van der Waals surface area contributed by atoms with Gasteiger partial charge in [-0.1, -0.05) is 18.2 Å². The smallest absolute Gasteiger partial charge is 0.266 e. The molecule has 1 amide bonds. The van der Waals surface area contributed by atoms with E-state index in [4.69, 9.17) is 9.47 Å². The van der Waals surface area contributed by atoms with E-state index in [1.807, 2.05) is 38.1 Å². The lowest BCUT2D eigenvalue weighted by atomic mass is 10.1. The van der Waals surface area contributed by atoms with Crippen LogP contribution in [0.3, 0.4) is 0 Å². The van der Waals surface area contributed by atoms with Gasteiger partial charge in [-0.3, -0.25) is 4.79 Å². The van der Waals surface area contributed by atoms with Gasteiger partial charge in [-0.05, 0) is 54.8 Å². The second kappa shape index (κ2) is 6.47. The molecule has 0 fully saturated rings. The first-order valence-electron chi connectivity index (χ1n) is 7.47. The van der Waals surface area contributed by atoms with E-state index in [9.17, 15) is 10.1 Å². The number of nitrogens with one attached hydrogen (secondary N) is 1. The van der Waals surface area contributed by atoms with E-state index >= 15 is 0 Å². The fraction of sp³-hybridized carbons (Fsp3) is 0.158. The molecule has 120 valence electrons. The summed E-state index contributed by atoms with van der Waals surface area (Å²) in [5.74, 6) is 0.824. The van der Waals surface area contributed by atoms with Crippen molar-refractivity contribution < 1.29 is 14.3 Å². The van der Waals surface area contributed by atoms with E-state index in [1.54, 1.807) is 18.2 Å². The summed E-state index contributed by atoms with van der Waals surface area (Å²) in [4.78, 5) is 12.4. The van der Waals surface area contributed by atoms with E-state index in [2.05, 4.69) is 5.32 Å². The number of ether oxygens (including phenoxy) is 2. The first-order valence-corrected chi connectivity index (χ1v) is 7.47. The van der Waals surface area contributed by atoms with Crippen molar-refractivity contribution in [3.05, 3.63) is 58.7 Å². The third kappa shape index (κ3) is 3.08. The van der Waals surface area contributed by atoms with E-state index in [1.165, 1.54) is 6.08 Å². The van der Waals surface area contributed by atoms with Gasteiger partial charge in [0.2, 0.25) is 6.79 Å². The van der Waals surface area contributed by atoms with Crippen LogP contribution in [0.25, 0.3) is 6.08 Å². The zero-order chi connectivity index (χ0) is 17.1. The average molecular weight is 320 g/mol. The van der Waals surface area contributed by atoms with Gasteiger partial charge in [0.15, 0.2) is 11.5 Å². The van der Waals surface area contributed by atoms with Crippen LogP contribution in [0.5, 0.6) is 11.5 Å². The Morgan fingerprint density at radius 1 is 1.21 bits per heavy atom. The van der Waals surface area contributed by atoms with E-state index in [0.717, 1.165) is 11.1 Å². The largest absolute Gasteiger partial charge is 0.454 e. The van der Waals surface area contributed by atoms with Crippen molar-refractivity contribution in [3.63, 3.8) is 0 Å². The van der Waals surface area contributed by atoms with Crippen LogP contribution in [0.2, 0.25) is 0 Å². The molecule has 2 aromatic rings. The van der Waals surface area contributed by atoms with Crippen LogP contribution in [-0.4, -0.2) is 12.7 Å². The number of nitrogens with zero attached hydrogens (tertiary/aromatic N) is 1. The first-order chi connectivity index (χ1) is 11.6. The van der Waals surface area contributed by atoms with Crippen molar-refractivity contribution >= 4 is 17.7 Å². The van der Waals surface area contributed by atoms with Crippen molar-refractivity contribution in [1.82, 2.24) is 0 Å². The maximum Gasteiger partial charge on any atom is 0.266 e. The van der Waals surface area contributed by atoms with Gasteiger partial charge in [-0.25, -0.2) is 0 Å². The molecule has 1 heterocycles. The van der Waals surface area contributed by atoms with Crippen LogP contribution in [0.4, 0.5) is 5.69 Å². The molecule has 0 radical (unpaired) electrons. The molecular formula is C19H16N2O3. The van der Waals surface area contributed by atoms with Crippen LogP contribution in [0, 0.1) is 25.2 Å². The molecule has 0 saturated carbocycles. The number of fused-ring (bicyclic) bond motifs is 1. The van der Waals surface area contributed by atoms with Gasteiger partial charge < -0.3 is 14.8 Å². The highest BCUT2D eigenvalue weighted by molar-refractivity contribution is 6.10. The lowest BCUT2D eigenvalue weighted by Crippen LogP contribution is -2.14. The van der Waals surface area contributed by atoms with Crippen molar-refractivity contribution in [3.8, 4) is 17.6 Å². The lowest BCUT2D eigenvalue weighted by Gasteiger charge is -2.09. The van der Waals surface area contributed by atoms with Crippen LogP contribution < -0.4 is 14.8 Å². The van der Waals surface area contributed by atoms with Gasteiger partial charge in [0.1, 0.15) is 11.6 Å². The lowest BCUT2D eigenvalue weighted by molar-refractivity contribution is -0.112. The molecule has 2 aromatic carbocycles. The number of anilines is 1. The highest BCUT2D eigenvalue weighted by Crippen LogP contribution is 2.33. The van der Waals surface area contributed by atoms with Gasteiger partial charge >= 0.3 is 0 Å². The molecule has 0 bridgehead atoms. The van der Waals surface area contributed by atoms with Crippen LogP contribution in [0.15, 0.2) is 42.0 Å². The molecule has 5 nitrogen and oxygen atoms in total. The Balaban J connectivity index is 1.84. The van der Waals surface area contributed by atoms with Crippen molar-refractivity contribution in [2.45, 2.75) is 13.8 Å². The summed E-state index contributed by atoms with van der Waals surface area (Å²) >= 11 is 0. The number of benzene rings is 2. The quantitative estimate of drug-likeness (QED) is 0.693. The summed E-state index contributed by atoms with van der Waals surface area (Å²) in [7, 11) is 0. The standard InChI is InChI=1S/C19H16N2O3/c1-12-4-3-5-16(13(12)2)21-19(22)15(10-20)8-14-6-7-17-18(9-14)24-11-23-17/h3-9H,11H2,1-2H3,(H,21,22)/b15-8+. The maximum atomic E-state index is 12.4. The van der Waals surface area contributed by atoms with E-state index in [0.29, 0.717) is 22.7 Å². The minimum Gasteiger partial charge on any atom is -0.454 e. The molecule has 1 aliphatic heterocycles. The number of hydrogen-bond donors (Lipinski definition) is 1. The zero-order valence-corrected chi connectivity index (χ0v) is 13.4. The second-order valence-electron chi connectivity index (χ2n) is 5.48. The number of aryl methyl sites for hydroxylation is 1. The Bertz CT molecular complexity index is 879. The summed E-state index contributed by atoms with van der Waals surface area (Å²) in [6.07, 6.45) is 1.53. The number of hydrogen-bond acceptors (Lipinski definition) is 4. The average Bonchev–Trinajstić information content (AvgIpc) is 3.04. The molecule has 24 heavy (non-hydrogen) atoms. The SMILES string of the molecule is Cc1cccc(NC(=O)/C(C#N)=C/c2ccc3c(c2)OCO3)c1C. The Labute approximate surface area is 140 Å². The molecule has 0 aliphatic carbocycles. The molecule has 0 saturated heterocycles. The predicted octanol–water partition coefficient (Wildman–Crippen LogP) is 3.58. The van der Waals surface area contributed by atoms with Gasteiger partial charge in [-0.2, -0.15) is 5.26 Å². The van der Waals surface area contributed by atoms with Crippen LogP contribution in [-0.2, 0) is 4.79 Å². The third-order valence-electron chi connectivity index (χ3n) is 3.93. The normalized spacial score (nSPS) is 12.6. The van der Waals surface area contributed by atoms with Crippen LogP contribution >= 0.6 is 0 Å². The highest BCUT2D eigenvalue weighted by atomic mass is 16.7. The topological polar surface area (TPSA) is 71.4 Å².